The summed E-state index contributed by atoms with van der Waals surface area (Å²) in [5, 5.41) is 0. The van der Waals surface area contributed by atoms with Crippen molar-refractivity contribution in [3.8, 4) is 0 Å². The lowest BCUT2D eigenvalue weighted by Gasteiger charge is -2.26. The summed E-state index contributed by atoms with van der Waals surface area (Å²) in [6.07, 6.45) is 5.81. The van der Waals surface area contributed by atoms with Gasteiger partial charge in [0.15, 0.2) is 0 Å². The van der Waals surface area contributed by atoms with E-state index in [1.54, 1.807) is 22.5 Å². The molecule has 0 aromatic carbocycles. The first kappa shape index (κ1) is 14.2. The van der Waals surface area contributed by atoms with E-state index in [0.29, 0.717) is 10.8 Å². The van der Waals surface area contributed by atoms with Crippen molar-refractivity contribution in [1.29, 1.82) is 0 Å². The quantitative estimate of drug-likeness (QED) is 0.761. The van der Waals surface area contributed by atoms with Crippen LogP contribution in [0, 0.1) is 0 Å². The highest BCUT2D eigenvalue weighted by Crippen LogP contribution is 2.32. The summed E-state index contributed by atoms with van der Waals surface area (Å²) in [4.78, 5) is 0. The number of nitrogens with zero attached hydrogens (tertiary/aromatic N) is 1. The van der Waals surface area contributed by atoms with Crippen molar-refractivity contribution in [3.63, 3.8) is 0 Å². The van der Waals surface area contributed by atoms with Gasteiger partial charge in [-0.3, -0.25) is 0 Å². The Balaban J connectivity index is 2.31. The molecule has 1 saturated carbocycles. The van der Waals surface area contributed by atoms with Gasteiger partial charge in [-0.25, -0.2) is 8.42 Å². The Morgan fingerprint density at radius 2 is 2.11 bits per heavy atom. The Hall–Kier alpha value is -0.170. The molecule has 0 radical (unpaired) electrons. The Kier molecular flexibility index (Phi) is 4.64. The van der Waals surface area contributed by atoms with E-state index in [9.17, 15) is 8.42 Å². The molecule has 0 aliphatic heterocycles. The average Bonchev–Trinajstić information content (AvgIpc) is 2.96. The molecule has 0 spiro atoms. The third-order valence-electron chi connectivity index (χ3n) is 3.15. The maximum atomic E-state index is 12.6. The van der Waals surface area contributed by atoms with Gasteiger partial charge in [0.25, 0.3) is 10.0 Å². The minimum Gasteiger partial charge on any atom is -0.206 e. The van der Waals surface area contributed by atoms with E-state index in [1.165, 1.54) is 11.3 Å². The zero-order valence-electron chi connectivity index (χ0n) is 10.0. The molecule has 6 heteroatoms. The monoisotopic (exact) mass is 349 g/mol. The number of rotatable bonds is 5. The van der Waals surface area contributed by atoms with E-state index >= 15 is 0 Å². The van der Waals surface area contributed by atoms with Crippen LogP contribution >= 0.6 is 27.3 Å². The standard InChI is InChI=1S/C12H16BrNO2S2/c1-2-9-14(10-5-3-4-6-10)18(15,16)12-8-7-11(13)17-12/h2,7-8,10H,1,3-6,9H2. The molecule has 1 aromatic heterocycles. The van der Waals surface area contributed by atoms with Crippen LogP contribution in [0.1, 0.15) is 25.7 Å². The van der Waals surface area contributed by atoms with Crippen molar-refractivity contribution >= 4 is 37.3 Å². The fourth-order valence-electron chi connectivity index (χ4n) is 2.31. The highest BCUT2D eigenvalue weighted by atomic mass is 79.9. The molecule has 1 heterocycles. The second-order valence-corrected chi connectivity index (χ2v) is 8.94. The van der Waals surface area contributed by atoms with Crippen LogP contribution in [0.3, 0.4) is 0 Å². The van der Waals surface area contributed by atoms with Crippen LogP contribution < -0.4 is 0 Å². The van der Waals surface area contributed by atoms with Gasteiger partial charge in [-0.2, -0.15) is 4.31 Å². The van der Waals surface area contributed by atoms with Gasteiger partial charge in [-0.15, -0.1) is 17.9 Å². The molecule has 0 saturated heterocycles. The fraction of sp³-hybridized carbons (Fsp3) is 0.500. The van der Waals surface area contributed by atoms with Crippen molar-refractivity contribution in [3.05, 3.63) is 28.6 Å². The predicted molar refractivity (Wildman–Crippen MR) is 78.4 cm³/mol. The van der Waals surface area contributed by atoms with E-state index in [1.807, 2.05) is 0 Å². The Morgan fingerprint density at radius 1 is 1.44 bits per heavy atom. The molecule has 0 bridgehead atoms. The molecule has 1 aliphatic rings. The summed E-state index contributed by atoms with van der Waals surface area (Å²) in [7, 11) is -3.38. The van der Waals surface area contributed by atoms with Crippen molar-refractivity contribution in [2.45, 2.75) is 35.9 Å². The average molecular weight is 350 g/mol. The number of hydrogen-bond acceptors (Lipinski definition) is 3. The summed E-state index contributed by atoms with van der Waals surface area (Å²) in [6, 6.07) is 3.57. The molecule has 0 N–H and O–H groups in total. The van der Waals surface area contributed by atoms with Crippen molar-refractivity contribution in [1.82, 2.24) is 4.31 Å². The van der Waals surface area contributed by atoms with Gasteiger partial charge in [-0.05, 0) is 40.9 Å². The van der Waals surface area contributed by atoms with Crippen LogP contribution in [0.2, 0.25) is 0 Å². The summed E-state index contributed by atoms with van der Waals surface area (Å²) in [5.41, 5.74) is 0. The predicted octanol–water partition coefficient (Wildman–Crippen LogP) is 3.63. The van der Waals surface area contributed by atoms with E-state index in [-0.39, 0.29) is 6.04 Å². The van der Waals surface area contributed by atoms with Crippen LogP contribution in [-0.4, -0.2) is 25.3 Å². The molecular weight excluding hydrogens is 334 g/mol. The zero-order valence-corrected chi connectivity index (χ0v) is 13.2. The van der Waals surface area contributed by atoms with Crippen molar-refractivity contribution in [2.75, 3.05) is 6.54 Å². The molecule has 1 aromatic rings. The van der Waals surface area contributed by atoms with Crippen LogP contribution in [-0.2, 0) is 10.0 Å². The molecule has 1 fully saturated rings. The van der Waals surface area contributed by atoms with Crippen molar-refractivity contribution < 1.29 is 8.42 Å². The number of hydrogen-bond donors (Lipinski definition) is 0. The molecular formula is C12H16BrNO2S2. The maximum Gasteiger partial charge on any atom is 0.253 e. The lowest BCUT2D eigenvalue weighted by Crippen LogP contribution is -2.38. The summed E-state index contributed by atoms with van der Waals surface area (Å²) < 4.78 is 28.0. The molecule has 0 atom stereocenters. The zero-order chi connectivity index (χ0) is 13.2. The molecule has 100 valence electrons. The smallest absolute Gasteiger partial charge is 0.206 e. The van der Waals surface area contributed by atoms with E-state index in [4.69, 9.17) is 0 Å². The highest BCUT2D eigenvalue weighted by molar-refractivity contribution is 9.11. The molecule has 0 amide bonds. The second kappa shape index (κ2) is 5.86. The van der Waals surface area contributed by atoms with Crippen LogP contribution in [0.5, 0.6) is 0 Å². The molecule has 0 unspecified atom stereocenters. The largest absolute Gasteiger partial charge is 0.253 e. The summed E-state index contributed by atoms with van der Waals surface area (Å²) in [6.45, 7) is 4.06. The maximum absolute atomic E-state index is 12.6. The van der Waals surface area contributed by atoms with E-state index < -0.39 is 10.0 Å². The topological polar surface area (TPSA) is 37.4 Å². The number of halogens is 1. The minimum absolute atomic E-state index is 0.133. The first-order valence-corrected chi connectivity index (χ1v) is 8.98. The Bertz CT molecular complexity index is 518. The van der Waals surface area contributed by atoms with Gasteiger partial charge in [0.2, 0.25) is 0 Å². The highest BCUT2D eigenvalue weighted by Gasteiger charge is 2.33. The first-order chi connectivity index (χ1) is 8.55. The molecule has 18 heavy (non-hydrogen) atoms. The Labute approximate surface area is 121 Å². The summed E-state index contributed by atoms with van der Waals surface area (Å²) >= 11 is 4.57. The van der Waals surface area contributed by atoms with Gasteiger partial charge < -0.3 is 0 Å². The second-order valence-electron chi connectivity index (χ2n) is 4.36. The van der Waals surface area contributed by atoms with Gasteiger partial charge in [0.1, 0.15) is 4.21 Å². The lowest BCUT2D eigenvalue weighted by atomic mass is 10.2. The Morgan fingerprint density at radius 3 is 2.61 bits per heavy atom. The van der Waals surface area contributed by atoms with Crippen LogP contribution in [0.4, 0.5) is 0 Å². The third kappa shape index (κ3) is 2.87. The SMILES string of the molecule is C=CCN(C1CCCC1)S(=O)(=O)c1ccc(Br)s1. The van der Waals surface area contributed by atoms with Crippen molar-refractivity contribution in [2.24, 2.45) is 0 Å². The number of thiophene rings is 1. The molecule has 3 nitrogen and oxygen atoms in total. The fourth-order valence-corrected chi connectivity index (χ4v) is 6.11. The molecule has 2 rings (SSSR count). The lowest BCUT2D eigenvalue weighted by molar-refractivity contribution is 0.348. The van der Waals surface area contributed by atoms with E-state index in [2.05, 4.69) is 22.5 Å². The van der Waals surface area contributed by atoms with E-state index in [0.717, 1.165) is 29.5 Å². The molecule has 1 aliphatic carbocycles. The normalized spacial score (nSPS) is 17.4. The first-order valence-electron chi connectivity index (χ1n) is 5.94. The van der Waals surface area contributed by atoms with Gasteiger partial charge in [-0.1, -0.05) is 18.9 Å². The number of sulfonamides is 1. The van der Waals surface area contributed by atoms with Crippen LogP contribution in [0.25, 0.3) is 0 Å². The van der Waals surface area contributed by atoms with Gasteiger partial charge in [0, 0.05) is 12.6 Å². The van der Waals surface area contributed by atoms with Gasteiger partial charge in [0.05, 0.1) is 3.79 Å². The third-order valence-corrected chi connectivity index (χ3v) is 7.16. The van der Waals surface area contributed by atoms with Crippen LogP contribution in [0.15, 0.2) is 32.8 Å². The summed E-state index contributed by atoms with van der Waals surface area (Å²) in [5.74, 6) is 0. The minimum atomic E-state index is -3.38. The van der Waals surface area contributed by atoms with Gasteiger partial charge >= 0.3 is 0 Å².